The first-order valence-electron chi connectivity index (χ1n) is 9.86. The van der Waals surface area contributed by atoms with Crippen LogP contribution in [0.25, 0.3) is 0 Å². The van der Waals surface area contributed by atoms with E-state index >= 15 is 0 Å². The van der Waals surface area contributed by atoms with Gasteiger partial charge in [0.25, 0.3) is 0 Å². The molecule has 0 spiro atoms. The number of aromatic nitrogens is 1. The number of hydrogen-bond donors (Lipinski definition) is 1. The highest BCUT2D eigenvalue weighted by molar-refractivity contribution is 6.01. The van der Waals surface area contributed by atoms with Crippen molar-refractivity contribution in [1.29, 1.82) is 0 Å². The third-order valence-electron chi connectivity index (χ3n) is 5.31. The molecular weight excluding hydrogens is 352 g/mol. The normalized spacial score (nSPS) is 16.3. The maximum Gasteiger partial charge on any atom is 0.227 e. The average Bonchev–Trinajstić information content (AvgIpc) is 3.09. The van der Waals surface area contributed by atoms with Crippen LogP contribution in [0.4, 0.5) is 11.4 Å². The number of carbonyl (C=O) groups is 2. The summed E-state index contributed by atoms with van der Waals surface area (Å²) in [5.41, 5.74) is 4.10. The fraction of sp³-hybridized carbons (Fsp3) is 0.409. The first-order valence-corrected chi connectivity index (χ1v) is 9.86. The largest absolute Gasteiger partial charge is 0.372 e. The van der Waals surface area contributed by atoms with Crippen LogP contribution in [0.1, 0.15) is 31.4 Å². The molecule has 1 atom stereocenters. The van der Waals surface area contributed by atoms with Crippen LogP contribution in [-0.2, 0) is 16.1 Å². The first kappa shape index (κ1) is 19.9. The monoisotopic (exact) mass is 380 g/mol. The van der Waals surface area contributed by atoms with Crippen molar-refractivity contribution in [1.82, 2.24) is 10.3 Å². The van der Waals surface area contributed by atoms with Crippen molar-refractivity contribution in [3.05, 3.63) is 53.9 Å². The molecule has 0 radical (unpaired) electrons. The molecular formula is C22H28N4O2. The zero-order valence-electron chi connectivity index (χ0n) is 16.8. The summed E-state index contributed by atoms with van der Waals surface area (Å²) in [6, 6.07) is 9.91. The van der Waals surface area contributed by atoms with E-state index in [2.05, 4.69) is 41.2 Å². The molecule has 2 aromatic rings. The van der Waals surface area contributed by atoms with E-state index in [1.54, 1.807) is 17.3 Å². The number of amides is 2. The molecule has 1 saturated heterocycles. The van der Waals surface area contributed by atoms with Gasteiger partial charge in [-0.3, -0.25) is 14.6 Å². The summed E-state index contributed by atoms with van der Waals surface area (Å²) in [6.45, 7) is 9.04. The Morgan fingerprint density at radius 3 is 2.57 bits per heavy atom. The zero-order valence-corrected chi connectivity index (χ0v) is 16.8. The van der Waals surface area contributed by atoms with Crippen molar-refractivity contribution in [3.8, 4) is 0 Å². The lowest BCUT2D eigenvalue weighted by molar-refractivity contribution is -0.126. The topological polar surface area (TPSA) is 65.5 Å². The third-order valence-corrected chi connectivity index (χ3v) is 5.31. The van der Waals surface area contributed by atoms with E-state index < -0.39 is 0 Å². The maximum atomic E-state index is 12.6. The summed E-state index contributed by atoms with van der Waals surface area (Å²) < 4.78 is 0. The van der Waals surface area contributed by atoms with E-state index in [9.17, 15) is 9.59 Å². The Kier molecular flexibility index (Phi) is 6.29. The predicted molar refractivity (Wildman–Crippen MR) is 111 cm³/mol. The van der Waals surface area contributed by atoms with Crippen molar-refractivity contribution < 1.29 is 9.59 Å². The Hall–Kier alpha value is -2.89. The van der Waals surface area contributed by atoms with Crippen molar-refractivity contribution >= 4 is 23.2 Å². The molecule has 1 fully saturated rings. The van der Waals surface area contributed by atoms with Gasteiger partial charge in [0, 0.05) is 56.4 Å². The fourth-order valence-corrected chi connectivity index (χ4v) is 3.68. The minimum absolute atomic E-state index is 0.00255. The lowest BCUT2D eigenvalue weighted by atomic mass is 10.1. The number of nitrogens with zero attached hydrogens (tertiary/aromatic N) is 3. The molecule has 1 unspecified atom stereocenters. The molecule has 3 rings (SSSR count). The molecule has 2 heterocycles. The molecule has 1 aliphatic rings. The number of anilines is 2. The maximum absolute atomic E-state index is 12.6. The van der Waals surface area contributed by atoms with Crippen LogP contribution in [0.3, 0.4) is 0 Å². The Labute approximate surface area is 166 Å². The molecule has 6 nitrogen and oxygen atoms in total. The molecule has 6 heteroatoms. The van der Waals surface area contributed by atoms with Gasteiger partial charge in [-0.15, -0.1) is 0 Å². The SMILES string of the molecule is CCN(CC)c1ccc(N2CC(C(=O)NCc3ccncc3)CC2=O)c(C)c1. The van der Waals surface area contributed by atoms with Gasteiger partial charge in [0.2, 0.25) is 11.8 Å². The number of nitrogens with one attached hydrogen (secondary N) is 1. The van der Waals surface area contributed by atoms with E-state index in [-0.39, 0.29) is 24.2 Å². The highest BCUT2D eigenvalue weighted by Gasteiger charge is 2.35. The molecule has 1 N–H and O–H groups in total. The number of carbonyl (C=O) groups excluding carboxylic acids is 2. The molecule has 28 heavy (non-hydrogen) atoms. The molecule has 148 valence electrons. The van der Waals surface area contributed by atoms with Gasteiger partial charge in [-0.2, -0.15) is 0 Å². The highest BCUT2D eigenvalue weighted by Crippen LogP contribution is 2.30. The Morgan fingerprint density at radius 1 is 1.21 bits per heavy atom. The number of aryl methyl sites for hydroxylation is 1. The molecule has 2 amide bonds. The van der Waals surface area contributed by atoms with Crippen LogP contribution < -0.4 is 15.1 Å². The van der Waals surface area contributed by atoms with Crippen LogP contribution in [0, 0.1) is 12.8 Å². The van der Waals surface area contributed by atoms with E-state index in [4.69, 9.17) is 0 Å². The smallest absolute Gasteiger partial charge is 0.227 e. The van der Waals surface area contributed by atoms with Crippen LogP contribution in [-0.4, -0.2) is 36.4 Å². The standard InChI is InChI=1S/C22H28N4O2/c1-4-25(5-2)19-6-7-20(16(3)12-19)26-15-18(13-21(26)27)22(28)24-14-17-8-10-23-11-9-17/h6-12,18H,4-5,13-15H2,1-3H3,(H,24,28). The van der Waals surface area contributed by atoms with Gasteiger partial charge in [0.1, 0.15) is 0 Å². The van der Waals surface area contributed by atoms with Gasteiger partial charge in [0.05, 0.1) is 5.92 Å². The Bertz CT molecular complexity index is 834. The van der Waals surface area contributed by atoms with E-state index in [1.807, 2.05) is 25.1 Å². The lowest BCUT2D eigenvalue weighted by Crippen LogP contribution is -2.32. The van der Waals surface area contributed by atoms with Crippen molar-refractivity contribution in [2.45, 2.75) is 33.7 Å². The van der Waals surface area contributed by atoms with Crippen molar-refractivity contribution in [2.24, 2.45) is 5.92 Å². The summed E-state index contributed by atoms with van der Waals surface area (Å²) >= 11 is 0. The second-order valence-electron chi connectivity index (χ2n) is 7.12. The number of pyridine rings is 1. The zero-order chi connectivity index (χ0) is 20.1. The second-order valence-corrected chi connectivity index (χ2v) is 7.12. The summed E-state index contributed by atoms with van der Waals surface area (Å²) in [7, 11) is 0. The highest BCUT2D eigenvalue weighted by atomic mass is 16.2. The predicted octanol–water partition coefficient (Wildman–Crippen LogP) is 2.91. The summed E-state index contributed by atoms with van der Waals surface area (Å²) in [4.78, 5) is 33.1. The second kappa shape index (κ2) is 8.87. The molecule has 1 aromatic heterocycles. The summed E-state index contributed by atoms with van der Waals surface area (Å²) in [5.74, 6) is -0.399. The Morgan fingerprint density at radius 2 is 1.93 bits per heavy atom. The summed E-state index contributed by atoms with van der Waals surface area (Å²) in [5, 5.41) is 2.94. The fourth-order valence-electron chi connectivity index (χ4n) is 3.68. The van der Waals surface area contributed by atoms with Crippen LogP contribution in [0.15, 0.2) is 42.7 Å². The van der Waals surface area contributed by atoms with Gasteiger partial charge < -0.3 is 15.1 Å². The average molecular weight is 380 g/mol. The van der Waals surface area contributed by atoms with E-state index in [0.717, 1.165) is 35.6 Å². The van der Waals surface area contributed by atoms with Crippen LogP contribution in [0.2, 0.25) is 0 Å². The third kappa shape index (κ3) is 4.32. The Balaban J connectivity index is 1.66. The lowest BCUT2D eigenvalue weighted by Gasteiger charge is -2.24. The number of rotatable bonds is 7. The van der Waals surface area contributed by atoms with Crippen LogP contribution in [0.5, 0.6) is 0 Å². The molecule has 1 aromatic carbocycles. The first-order chi connectivity index (χ1) is 13.5. The molecule has 0 saturated carbocycles. The van der Waals surface area contributed by atoms with Gasteiger partial charge in [-0.1, -0.05) is 0 Å². The minimum atomic E-state index is -0.323. The van der Waals surface area contributed by atoms with Crippen LogP contribution >= 0.6 is 0 Å². The van der Waals surface area contributed by atoms with E-state index in [1.165, 1.54) is 0 Å². The molecule has 0 bridgehead atoms. The summed E-state index contributed by atoms with van der Waals surface area (Å²) in [6.07, 6.45) is 3.65. The van der Waals surface area contributed by atoms with Gasteiger partial charge >= 0.3 is 0 Å². The van der Waals surface area contributed by atoms with Gasteiger partial charge in [-0.05, 0) is 62.2 Å². The number of hydrogen-bond acceptors (Lipinski definition) is 4. The van der Waals surface area contributed by atoms with E-state index in [0.29, 0.717) is 13.1 Å². The van der Waals surface area contributed by atoms with Crippen molar-refractivity contribution in [3.63, 3.8) is 0 Å². The minimum Gasteiger partial charge on any atom is -0.372 e. The van der Waals surface area contributed by atoms with Gasteiger partial charge in [-0.25, -0.2) is 0 Å². The quantitative estimate of drug-likeness (QED) is 0.802. The molecule has 0 aliphatic carbocycles. The van der Waals surface area contributed by atoms with Crippen molar-refractivity contribution in [2.75, 3.05) is 29.4 Å². The molecule has 1 aliphatic heterocycles. The number of benzene rings is 1. The van der Waals surface area contributed by atoms with Gasteiger partial charge in [0.15, 0.2) is 0 Å².